The molecule has 0 saturated heterocycles. The molecule has 1 aliphatic rings. The van der Waals surface area contributed by atoms with Crippen molar-refractivity contribution < 1.29 is 4.79 Å². The van der Waals surface area contributed by atoms with E-state index in [0.29, 0.717) is 13.0 Å². The second-order valence-electron chi connectivity index (χ2n) is 7.42. The van der Waals surface area contributed by atoms with E-state index < -0.39 is 0 Å². The Morgan fingerprint density at radius 1 is 1.18 bits per heavy atom. The minimum absolute atomic E-state index is 0.131. The maximum atomic E-state index is 13.3. The molecular formula is C23H22N4O. The van der Waals surface area contributed by atoms with Gasteiger partial charge in [0, 0.05) is 48.8 Å². The van der Waals surface area contributed by atoms with Crippen LogP contribution in [0.4, 0.5) is 0 Å². The predicted molar refractivity (Wildman–Crippen MR) is 109 cm³/mol. The number of nitrogens with one attached hydrogen (secondary N) is 1. The van der Waals surface area contributed by atoms with Crippen LogP contribution in [0.5, 0.6) is 0 Å². The number of amides is 1. The topological polar surface area (TPSA) is 53.9 Å². The molecule has 0 radical (unpaired) electrons. The number of hydrogen-bond acceptors (Lipinski definition) is 2. The third-order valence-electron chi connectivity index (χ3n) is 5.57. The number of carbonyl (C=O) groups is 1. The number of fused-ring (bicyclic) bond motifs is 3. The van der Waals surface area contributed by atoms with Crippen molar-refractivity contribution in [2.45, 2.75) is 18.9 Å². The molecule has 5 rings (SSSR count). The summed E-state index contributed by atoms with van der Waals surface area (Å²) in [5.41, 5.74) is 5.44. The molecule has 0 saturated carbocycles. The van der Waals surface area contributed by atoms with Crippen molar-refractivity contribution in [2.24, 2.45) is 7.05 Å². The summed E-state index contributed by atoms with van der Waals surface area (Å²) in [4.78, 5) is 23.4. The first-order valence-electron chi connectivity index (χ1n) is 9.61. The number of aryl methyl sites for hydroxylation is 1. The molecule has 5 heteroatoms. The molecule has 3 aromatic heterocycles. The zero-order chi connectivity index (χ0) is 19.1. The van der Waals surface area contributed by atoms with E-state index in [4.69, 9.17) is 0 Å². The maximum absolute atomic E-state index is 13.3. The highest BCUT2D eigenvalue weighted by atomic mass is 16.2. The highest BCUT2D eigenvalue weighted by Gasteiger charge is 2.35. The highest BCUT2D eigenvalue weighted by molar-refractivity contribution is 5.87. The summed E-state index contributed by atoms with van der Waals surface area (Å²) in [5, 5.41) is 1.24. The molecule has 4 aromatic rings. The van der Waals surface area contributed by atoms with E-state index in [0.717, 1.165) is 28.9 Å². The lowest BCUT2D eigenvalue weighted by atomic mass is 9.94. The first kappa shape index (κ1) is 16.8. The van der Waals surface area contributed by atoms with E-state index >= 15 is 0 Å². The van der Waals surface area contributed by atoms with Crippen LogP contribution in [0.1, 0.15) is 28.6 Å². The Kier molecular flexibility index (Phi) is 4.01. The minimum Gasteiger partial charge on any atom is -0.357 e. The molecule has 140 valence electrons. The molecule has 1 atom stereocenters. The molecular weight excluding hydrogens is 348 g/mol. The number of rotatable bonds is 3. The molecule has 0 bridgehead atoms. The Morgan fingerprint density at radius 3 is 2.82 bits per heavy atom. The standard InChI is InChI=1S/C23H22N4O/c1-26-12-9-16(15-26)14-21(28)27-13-10-18-17-6-2-3-7-19(17)25-22(18)23(27)20-8-4-5-11-24-20/h2-9,11-12,15,23,25H,10,13-14H2,1H3. The molecule has 1 amide bonds. The Morgan fingerprint density at radius 2 is 2.04 bits per heavy atom. The monoisotopic (exact) mass is 370 g/mol. The Balaban J connectivity index is 1.58. The van der Waals surface area contributed by atoms with Gasteiger partial charge in [-0.25, -0.2) is 0 Å². The van der Waals surface area contributed by atoms with Gasteiger partial charge in [-0.1, -0.05) is 24.3 Å². The third kappa shape index (κ3) is 2.80. The van der Waals surface area contributed by atoms with Crippen molar-refractivity contribution in [3.8, 4) is 0 Å². The fourth-order valence-electron chi connectivity index (χ4n) is 4.30. The molecule has 1 aliphatic heterocycles. The van der Waals surface area contributed by atoms with Crippen LogP contribution in [0.3, 0.4) is 0 Å². The first-order valence-corrected chi connectivity index (χ1v) is 9.61. The normalized spacial score (nSPS) is 16.3. The number of para-hydroxylation sites is 1. The molecule has 0 fully saturated rings. The zero-order valence-electron chi connectivity index (χ0n) is 15.8. The van der Waals surface area contributed by atoms with Gasteiger partial charge in [0.1, 0.15) is 6.04 Å². The lowest BCUT2D eigenvalue weighted by Gasteiger charge is -2.35. The van der Waals surface area contributed by atoms with Gasteiger partial charge in [0.25, 0.3) is 0 Å². The van der Waals surface area contributed by atoms with Crippen LogP contribution in [0.15, 0.2) is 67.1 Å². The summed E-state index contributed by atoms with van der Waals surface area (Å²) < 4.78 is 1.98. The molecule has 1 unspecified atom stereocenters. The summed E-state index contributed by atoms with van der Waals surface area (Å²) in [6.07, 6.45) is 7.03. The van der Waals surface area contributed by atoms with E-state index in [1.165, 1.54) is 10.9 Å². The van der Waals surface area contributed by atoms with Crippen molar-refractivity contribution in [3.63, 3.8) is 0 Å². The van der Waals surface area contributed by atoms with Crippen molar-refractivity contribution in [3.05, 3.63) is 89.6 Å². The van der Waals surface area contributed by atoms with Gasteiger partial charge in [0.05, 0.1) is 12.1 Å². The lowest BCUT2D eigenvalue weighted by Crippen LogP contribution is -2.41. The fraction of sp³-hybridized carbons (Fsp3) is 0.217. The second-order valence-corrected chi connectivity index (χ2v) is 7.42. The van der Waals surface area contributed by atoms with E-state index in [2.05, 4.69) is 28.2 Å². The SMILES string of the molecule is Cn1ccc(CC(=O)N2CCc3c([nH]c4ccccc34)C2c2ccccn2)c1. The largest absolute Gasteiger partial charge is 0.357 e. The summed E-state index contributed by atoms with van der Waals surface area (Å²) in [6.45, 7) is 0.696. The van der Waals surface area contributed by atoms with Gasteiger partial charge < -0.3 is 14.5 Å². The van der Waals surface area contributed by atoms with Crippen molar-refractivity contribution in [1.82, 2.24) is 19.4 Å². The molecule has 0 aliphatic carbocycles. The van der Waals surface area contributed by atoms with Gasteiger partial charge in [-0.05, 0) is 41.8 Å². The van der Waals surface area contributed by atoms with Gasteiger partial charge in [0.2, 0.25) is 5.91 Å². The number of carbonyl (C=O) groups excluding carboxylic acids is 1. The highest BCUT2D eigenvalue weighted by Crippen LogP contribution is 2.37. The van der Waals surface area contributed by atoms with Crippen LogP contribution in [0.2, 0.25) is 0 Å². The van der Waals surface area contributed by atoms with Crippen LogP contribution in [0, 0.1) is 0 Å². The van der Waals surface area contributed by atoms with Crippen molar-refractivity contribution >= 4 is 16.8 Å². The predicted octanol–water partition coefficient (Wildman–Crippen LogP) is 3.62. The number of aromatic amines is 1. The summed E-state index contributed by atoms with van der Waals surface area (Å²) in [6, 6.07) is 16.1. The van der Waals surface area contributed by atoms with E-state index in [1.807, 2.05) is 59.2 Å². The quantitative estimate of drug-likeness (QED) is 0.599. The number of H-pyrrole nitrogens is 1. The van der Waals surface area contributed by atoms with Crippen molar-refractivity contribution in [2.75, 3.05) is 6.54 Å². The van der Waals surface area contributed by atoms with Crippen LogP contribution < -0.4 is 0 Å². The van der Waals surface area contributed by atoms with Gasteiger partial charge in [-0.2, -0.15) is 0 Å². The summed E-state index contributed by atoms with van der Waals surface area (Å²) in [7, 11) is 1.97. The number of benzene rings is 1. The summed E-state index contributed by atoms with van der Waals surface area (Å²) in [5.74, 6) is 0.131. The first-order chi connectivity index (χ1) is 13.7. The van der Waals surface area contributed by atoms with Crippen LogP contribution in [-0.2, 0) is 24.7 Å². The second kappa shape index (κ2) is 6.68. The number of aromatic nitrogens is 3. The molecule has 0 spiro atoms. The van der Waals surface area contributed by atoms with Crippen molar-refractivity contribution in [1.29, 1.82) is 0 Å². The molecule has 4 heterocycles. The van der Waals surface area contributed by atoms with Crippen LogP contribution >= 0.6 is 0 Å². The van der Waals surface area contributed by atoms with Gasteiger partial charge in [0.15, 0.2) is 0 Å². The van der Waals surface area contributed by atoms with E-state index in [9.17, 15) is 4.79 Å². The minimum atomic E-state index is -0.187. The summed E-state index contributed by atoms with van der Waals surface area (Å²) >= 11 is 0. The Hall–Kier alpha value is -3.34. The average Bonchev–Trinajstić information content (AvgIpc) is 3.30. The van der Waals surface area contributed by atoms with E-state index in [1.54, 1.807) is 6.20 Å². The third-order valence-corrected chi connectivity index (χ3v) is 5.57. The molecule has 1 N–H and O–H groups in total. The molecule has 1 aromatic carbocycles. The van der Waals surface area contributed by atoms with Crippen LogP contribution in [0.25, 0.3) is 10.9 Å². The van der Waals surface area contributed by atoms with Gasteiger partial charge >= 0.3 is 0 Å². The molecule has 5 nitrogen and oxygen atoms in total. The van der Waals surface area contributed by atoms with Gasteiger partial charge in [-0.3, -0.25) is 9.78 Å². The van der Waals surface area contributed by atoms with Gasteiger partial charge in [-0.15, -0.1) is 0 Å². The number of pyridine rings is 1. The lowest BCUT2D eigenvalue weighted by molar-refractivity contribution is -0.132. The zero-order valence-corrected chi connectivity index (χ0v) is 15.8. The Labute approximate surface area is 163 Å². The van der Waals surface area contributed by atoms with Crippen LogP contribution in [-0.4, -0.2) is 31.9 Å². The fourth-order valence-corrected chi connectivity index (χ4v) is 4.30. The van der Waals surface area contributed by atoms with E-state index in [-0.39, 0.29) is 11.9 Å². The maximum Gasteiger partial charge on any atom is 0.227 e. The molecule has 28 heavy (non-hydrogen) atoms. The Bertz CT molecular complexity index is 1140. The average molecular weight is 370 g/mol. The number of nitrogens with zero attached hydrogens (tertiary/aromatic N) is 3. The smallest absolute Gasteiger partial charge is 0.227 e. The number of hydrogen-bond donors (Lipinski definition) is 1.